The molecule has 0 aliphatic carbocycles. The maximum atomic E-state index is 11.6. The number of thioether (sulfide) groups is 1. The van der Waals surface area contributed by atoms with Crippen LogP contribution >= 0.6 is 11.8 Å². The smallest absolute Gasteiger partial charge is 0.407 e. The maximum Gasteiger partial charge on any atom is 0.407 e. The van der Waals surface area contributed by atoms with Crippen LogP contribution in [0.25, 0.3) is 0 Å². The van der Waals surface area contributed by atoms with Gasteiger partial charge >= 0.3 is 6.09 Å². The molecule has 1 saturated heterocycles. The van der Waals surface area contributed by atoms with Crippen molar-refractivity contribution in [3.8, 4) is 0 Å². The predicted octanol–water partition coefficient (Wildman–Crippen LogP) is 2.71. The van der Waals surface area contributed by atoms with E-state index in [0.29, 0.717) is 17.3 Å². The second kappa shape index (κ2) is 9.14. The van der Waals surface area contributed by atoms with Gasteiger partial charge in [0, 0.05) is 30.4 Å². The monoisotopic (exact) mass is 345 g/mol. The summed E-state index contributed by atoms with van der Waals surface area (Å²) in [4.78, 5) is 14.0. The number of likely N-dealkylation sites (tertiary alicyclic amines) is 1. The molecule has 1 amide bonds. The lowest BCUT2D eigenvalue weighted by Gasteiger charge is -2.34. The minimum Gasteiger partial charge on any atom is -0.444 e. The molecule has 0 aromatic rings. The molecule has 1 aliphatic heterocycles. The van der Waals surface area contributed by atoms with E-state index in [4.69, 9.17) is 4.74 Å². The van der Waals surface area contributed by atoms with Crippen molar-refractivity contribution in [1.82, 2.24) is 15.5 Å². The van der Waals surface area contributed by atoms with Gasteiger partial charge in [0.2, 0.25) is 0 Å². The number of ether oxygens (including phenoxy) is 1. The highest BCUT2D eigenvalue weighted by Gasteiger charge is 2.22. The maximum absolute atomic E-state index is 11.6. The predicted molar refractivity (Wildman–Crippen MR) is 99.3 cm³/mol. The summed E-state index contributed by atoms with van der Waals surface area (Å²) in [6.45, 7) is 15.0. The Labute approximate surface area is 146 Å². The molecule has 0 atom stereocenters. The number of carbonyl (C=O) groups is 1. The molecule has 0 spiro atoms. The summed E-state index contributed by atoms with van der Waals surface area (Å²) >= 11 is 1.91. The van der Waals surface area contributed by atoms with Gasteiger partial charge in [0.05, 0.1) is 0 Å². The number of rotatable bonds is 7. The number of hydrogen-bond donors (Lipinski definition) is 2. The van der Waals surface area contributed by atoms with Gasteiger partial charge < -0.3 is 20.3 Å². The first-order chi connectivity index (χ1) is 10.6. The highest BCUT2D eigenvalue weighted by molar-refractivity contribution is 7.99. The van der Waals surface area contributed by atoms with Crippen molar-refractivity contribution in [1.29, 1.82) is 0 Å². The quantitative estimate of drug-likeness (QED) is 0.743. The minimum absolute atomic E-state index is 0.300. The molecular weight excluding hydrogens is 310 g/mol. The first kappa shape index (κ1) is 20.6. The highest BCUT2D eigenvalue weighted by Crippen LogP contribution is 2.20. The van der Waals surface area contributed by atoms with E-state index < -0.39 is 5.60 Å². The average Bonchev–Trinajstić information content (AvgIpc) is 2.45. The molecule has 0 aromatic carbocycles. The van der Waals surface area contributed by atoms with Gasteiger partial charge in [-0.2, -0.15) is 11.8 Å². The van der Waals surface area contributed by atoms with Gasteiger partial charge in [-0.25, -0.2) is 4.79 Å². The van der Waals surface area contributed by atoms with Gasteiger partial charge in [-0.15, -0.1) is 0 Å². The zero-order chi connectivity index (χ0) is 17.5. The van der Waals surface area contributed by atoms with E-state index in [0.717, 1.165) is 26.2 Å². The summed E-state index contributed by atoms with van der Waals surface area (Å²) in [6.07, 6.45) is 4.20. The molecule has 0 aromatic heterocycles. The van der Waals surface area contributed by atoms with Crippen LogP contribution in [0, 0.1) is 0 Å². The van der Waals surface area contributed by atoms with Crippen LogP contribution in [0.1, 0.15) is 47.5 Å². The fourth-order valence-corrected chi connectivity index (χ4v) is 2.68. The first-order valence-corrected chi connectivity index (χ1v) is 9.81. The van der Waals surface area contributed by atoms with Gasteiger partial charge in [-0.3, -0.25) is 0 Å². The third-order valence-electron chi connectivity index (χ3n) is 4.05. The van der Waals surface area contributed by atoms with Crippen molar-refractivity contribution in [3.05, 3.63) is 0 Å². The fraction of sp³-hybridized carbons (Fsp3) is 0.941. The second-order valence-electron chi connectivity index (χ2n) is 7.89. The molecule has 0 saturated carbocycles. The fourth-order valence-electron chi connectivity index (χ4n) is 2.45. The van der Waals surface area contributed by atoms with Crippen LogP contribution in [0.3, 0.4) is 0 Å². The Morgan fingerprint density at radius 2 is 1.83 bits per heavy atom. The third kappa shape index (κ3) is 9.42. The normalized spacial score (nSPS) is 18.0. The summed E-state index contributed by atoms with van der Waals surface area (Å²) < 4.78 is 5.54. The summed E-state index contributed by atoms with van der Waals surface area (Å²) in [6, 6.07) is 0.622. The van der Waals surface area contributed by atoms with Gasteiger partial charge in [-0.05, 0) is 66.8 Å². The lowest BCUT2D eigenvalue weighted by atomic mass is 10.0. The summed E-state index contributed by atoms with van der Waals surface area (Å²) in [5, 5.41) is 6.53. The van der Waals surface area contributed by atoms with E-state index in [1.54, 1.807) is 0 Å². The lowest BCUT2D eigenvalue weighted by Crippen LogP contribution is -2.47. The lowest BCUT2D eigenvalue weighted by molar-refractivity contribution is 0.0519. The molecule has 1 rings (SSSR count). The number of carbonyl (C=O) groups excluding carboxylic acids is 1. The third-order valence-corrected chi connectivity index (χ3v) is 5.30. The van der Waals surface area contributed by atoms with E-state index in [1.165, 1.54) is 12.8 Å². The van der Waals surface area contributed by atoms with Gasteiger partial charge in [0.25, 0.3) is 0 Å². The molecule has 0 unspecified atom stereocenters. The number of nitrogens with zero attached hydrogens (tertiary/aromatic N) is 1. The molecule has 1 heterocycles. The van der Waals surface area contributed by atoms with Crippen LogP contribution in [-0.2, 0) is 4.74 Å². The van der Waals surface area contributed by atoms with Crippen LogP contribution in [0.4, 0.5) is 4.79 Å². The average molecular weight is 346 g/mol. The standard InChI is InChI=1S/C17H35N3O2S/c1-16(2,3)22-15(21)18-9-12-20-10-7-14(8-11-20)19-13-17(4,5)23-6/h14,19H,7-13H2,1-6H3,(H,18,21). The Morgan fingerprint density at radius 3 is 2.35 bits per heavy atom. The molecule has 6 heteroatoms. The zero-order valence-corrected chi connectivity index (χ0v) is 16.5. The van der Waals surface area contributed by atoms with E-state index >= 15 is 0 Å². The topological polar surface area (TPSA) is 53.6 Å². The Balaban J connectivity index is 2.14. The molecule has 1 aliphatic rings. The summed E-state index contributed by atoms with van der Waals surface area (Å²) in [5.74, 6) is 0. The van der Waals surface area contributed by atoms with Crippen molar-refractivity contribution in [3.63, 3.8) is 0 Å². The van der Waals surface area contributed by atoms with Crippen LogP contribution in [0.5, 0.6) is 0 Å². The largest absolute Gasteiger partial charge is 0.444 e. The Bertz CT molecular complexity index is 361. The number of piperidine rings is 1. The number of hydrogen-bond acceptors (Lipinski definition) is 5. The van der Waals surface area contributed by atoms with Gasteiger partial charge in [-0.1, -0.05) is 0 Å². The van der Waals surface area contributed by atoms with E-state index in [-0.39, 0.29) is 6.09 Å². The van der Waals surface area contributed by atoms with E-state index in [1.807, 2.05) is 32.5 Å². The summed E-state index contributed by atoms with van der Waals surface area (Å²) in [7, 11) is 0. The Morgan fingerprint density at radius 1 is 1.22 bits per heavy atom. The number of alkyl carbamates (subject to hydrolysis) is 1. The molecule has 23 heavy (non-hydrogen) atoms. The van der Waals surface area contributed by atoms with Crippen LogP contribution in [0.15, 0.2) is 0 Å². The van der Waals surface area contributed by atoms with Crippen molar-refractivity contribution < 1.29 is 9.53 Å². The van der Waals surface area contributed by atoms with Crippen molar-refractivity contribution >= 4 is 17.9 Å². The van der Waals surface area contributed by atoms with Gasteiger partial charge in [0.15, 0.2) is 0 Å². The minimum atomic E-state index is -0.432. The molecule has 136 valence electrons. The van der Waals surface area contributed by atoms with Crippen LogP contribution in [0.2, 0.25) is 0 Å². The van der Waals surface area contributed by atoms with Crippen molar-refractivity contribution in [2.24, 2.45) is 0 Å². The molecule has 0 bridgehead atoms. The number of amides is 1. The van der Waals surface area contributed by atoms with Gasteiger partial charge in [0.1, 0.15) is 5.60 Å². The Kier molecular flexibility index (Phi) is 8.18. The SMILES string of the molecule is CSC(C)(C)CNC1CCN(CCNC(=O)OC(C)(C)C)CC1. The van der Waals surface area contributed by atoms with Crippen LogP contribution in [-0.4, -0.2) is 66.4 Å². The van der Waals surface area contributed by atoms with Crippen LogP contribution < -0.4 is 10.6 Å². The highest BCUT2D eigenvalue weighted by atomic mass is 32.2. The molecule has 1 fully saturated rings. The molecule has 0 radical (unpaired) electrons. The zero-order valence-electron chi connectivity index (χ0n) is 15.7. The Hall–Kier alpha value is -0.460. The first-order valence-electron chi connectivity index (χ1n) is 8.59. The molecular formula is C17H35N3O2S. The van der Waals surface area contributed by atoms with E-state index in [2.05, 4.69) is 35.6 Å². The number of nitrogens with one attached hydrogen (secondary N) is 2. The van der Waals surface area contributed by atoms with E-state index in [9.17, 15) is 4.79 Å². The molecule has 5 nitrogen and oxygen atoms in total. The summed E-state index contributed by atoms with van der Waals surface area (Å²) in [5.41, 5.74) is -0.432. The van der Waals surface area contributed by atoms with Crippen molar-refractivity contribution in [2.75, 3.05) is 39.0 Å². The molecule has 2 N–H and O–H groups in total. The van der Waals surface area contributed by atoms with Crippen molar-refractivity contribution in [2.45, 2.75) is 63.9 Å². The second-order valence-corrected chi connectivity index (χ2v) is 9.40.